The van der Waals surface area contributed by atoms with Crippen LogP contribution in [0, 0.1) is 0 Å². The first kappa shape index (κ1) is 21.5. The minimum atomic E-state index is -0.479. The molecule has 0 spiro atoms. The van der Waals surface area contributed by atoms with E-state index in [-0.39, 0.29) is 12.1 Å². The number of amides is 1. The molecular weight excluding hydrogens is 318 g/mol. The Labute approximate surface area is 153 Å². The third kappa shape index (κ3) is 7.94. The number of likely N-dealkylation sites (N-methyl/N-ethyl adjacent to an activating group) is 1. The number of hydrogen-bond donors (Lipinski definition) is 2. The Morgan fingerprint density at radius 3 is 2.76 bits per heavy atom. The lowest BCUT2D eigenvalue weighted by atomic mass is 10.2. The Hall–Kier alpha value is -1.50. The second-order valence-corrected chi connectivity index (χ2v) is 7.81. The zero-order valence-corrected chi connectivity index (χ0v) is 16.8. The van der Waals surface area contributed by atoms with E-state index in [1.165, 1.54) is 19.4 Å². The molecule has 25 heavy (non-hydrogen) atoms. The standard InChI is InChI=1S/C18H37N5O2/c1-7-23-12-8-9-15(23)13-21-16(19)20-11-10-14(2)22(6)17(24)25-18(3,4)5/h14-15H,7-13H2,1-6H3,(H3,19,20,21). The first-order valence-electron chi connectivity index (χ1n) is 9.37. The first-order valence-corrected chi connectivity index (χ1v) is 9.37. The van der Waals surface area contributed by atoms with Crippen molar-refractivity contribution in [2.45, 2.75) is 71.6 Å². The topological polar surface area (TPSA) is 83.2 Å². The Kier molecular flexibility index (Phi) is 8.48. The van der Waals surface area contributed by atoms with Crippen LogP contribution in [0.5, 0.6) is 0 Å². The van der Waals surface area contributed by atoms with Gasteiger partial charge in [0.15, 0.2) is 5.96 Å². The van der Waals surface area contributed by atoms with Gasteiger partial charge in [-0.25, -0.2) is 4.79 Å². The van der Waals surface area contributed by atoms with E-state index < -0.39 is 5.60 Å². The third-order valence-electron chi connectivity index (χ3n) is 4.59. The highest BCUT2D eigenvalue weighted by atomic mass is 16.6. The Balaban J connectivity index is 2.30. The van der Waals surface area contributed by atoms with Crippen molar-refractivity contribution in [3.8, 4) is 0 Å². The summed E-state index contributed by atoms with van der Waals surface area (Å²) >= 11 is 0. The van der Waals surface area contributed by atoms with Gasteiger partial charge in [-0.2, -0.15) is 0 Å². The molecule has 0 saturated carbocycles. The molecule has 1 saturated heterocycles. The molecule has 2 atom stereocenters. The Morgan fingerprint density at radius 1 is 1.48 bits per heavy atom. The molecule has 1 aliphatic heterocycles. The summed E-state index contributed by atoms with van der Waals surface area (Å²) in [6.45, 7) is 13.4. The number of hydrogen-bond acceptors (Lipinski definition) is 4. The molecular formula is C18H37N5O2. The number of guanidine groups is 1. The lowest BCUT2D eigenvalue weighted by Gasteiger charge is -2.28. The average Bonchev–Trinajstić information content (AvgIpc) is 2.97. The Bertz CT molecular complexity index is 447. The highest BCUT2D eigenvalue weighted by molar-refractivity contribution is 5.77. The van der Waals surface area contributed by atoms with E-state index in [1.54, 1.807) is 11.9 Å². The Morgan fingerprint density at radius 2 is 2.16 bits per heavy atom. The number of carbonyl (C=O) groups is 1. The van der Waals surface area contributed by atoms with E-state index in [0.717, 1.165) is 19.5 Å². The van der Waals surface area contributed by atoms with E-state index >= 15 is 0 Å². The van der Waals surface area contributed by atoms with E-state index in [0.29, 0.717) is 18.5 Å². The predicted octanol–water partition coefficient (Wildman–Crippen LogP) is 2.02. The number of nitrogens with zero attached hydrogens (tertiary/aromatic N) is 3. The van der Waals surface area contributed by atoms with Crippen molar-refractivity contribution in [2.24, 2.45) is 10.7 Å². The van der Waals surface area contributed by atoms with Crippen LogP contribution in [0.15, 0.2) is 4.99 Å². The minimum Gasteiger partial charge on any atom is -0.444 e. The molecule has 7 heteroatoms. The number of rotatable bonds is 7. The lowest BCUT2D eigenvalue weighted by Crippen LogP contribution is -2.42. The SMILES string of the molecule is CCN1CCCC1CN=C(N)NCCC(C)N(C)C(=O)OC(C)(C)C. The van der Waals surface area contributed by atoms with E-state index in [1.807, 2.05) is 27.7 Å². The second-order valence-electron chi connectivity index (χ2n) is 7.81. The molecule has 0 aromatic heterocycles. The monoisotopic (exact) mass is 355 g/mol. The molecule has 0 aromatic rings. The van der Waals surface area contributed by atoms with Crippen LogP contribution in [-0.4, -0.2) is 72.8 Å². The number of likely N-dealkylation sites (tertiary alicyclic amines) is 1. The summed E-state index contributed by atoms with van der Waals surface area (Å²) in [5.41, 5.74) is 5.48. The molecule has 3 N–H and O–H groups in total. The van der Waals surface area contributed by atoms with Crippen molar-refractivity contribution in [1.29, 1.82) is 0 Å². The van der Waals surface area contributed by atoms with Gasteiger partial charge in [0.25, 0.3) is 0 Å². The van der Waals surface area contributed by atoms with Gasteiger partial charge in [0.1, 0.15) is 5.60 Å². The van der Waals surface area contributed by atoms with Crippen LogP contribution in [-0.2, 0) is 4.74 Å². The van der Waals surface area contributed by atoms with E-state index in [2.05, 4.69) is 22.1 Å². The summed E-state index contributed by atoms with van der Waals surface area (Å²) in [5, 5.41) is 3.14. The van der Waals surface area contributed by atoms with E-state index in [4.69, 9.17) is 10.5 Å². The molecule has 2 unspecified atom stereocenters. The molecule has 1 heterocycles. The van der Waals surface area contributed by atoms with Crippen molar-refractivity contribution < 1.29 is 9.53 Å². The third-order valence-corrected chi connectivity index (χ3v) is 4.59. The fourth-order valence-electron chi connectivity index (χ4n) is 2.89. The average molecular weight is 356 g/mol. The van der Waals surface area contributed by atoms with Crippen LogP contribution >= 0.6 is 0 Å². The van der Waals surface area contributed by atoms with Crippen molar-refractivity contribution in [2.75, 3.05) is 33.2 Å². The van der Waals surface area contributed by atoms with Gasteiger partial charge in [0.2, 0.25) is 0 Å². The first-order chi connectivity index (χ1) is 11.6. The molecule has 1 fully saturated rings. The molecule has 1 amide bonds. The number of ether oxygens (including phenoxy) is 1. The normalized spacial score (nSPS) is 20.4. The molecule has 1 rings (SSSR count). The van der Waals surface area contributed by atoms with Gasteiger partial charge in [-0.3, -0.25) is 9.89 Å². The largest absolute Gasteiger partial charge is 0.444 e. The van der Waals surface area contributed by atoms with Gasteiger partial charge in [-0.05, 0) is 60.0 Å². The zero-order chi connectivity index (χ0) is 19.0. The summed E-state index contributed by atoms with van der Waals surface area (Å²) in [4.78, 5) is 20.6. The maximum atomic E-state index is 12.0. The van der Waals surface area contributed by atoms with Gasteiger partial charge < -0.3 is 20.7 Å². The minimum absolute atomic E-state index is 0.0561. The number of aliphatic imine (C=N–C) groups is 1. The highest BCUT2D eigenvalue weighted by Gasteiger charge is 2.23. The van der Waals surface area contributed by atoms with Crippen LogP contribution in [0.4, 0.5) is 4.79 Å². The smallest absolute Gasteiger partial charge is 0.410 e. The molecule has 1 aliphatic rings. The number of carbonyl (C=O) groups excluding carboxylic acids is 1. The second kappa shape index (κ2) is 9.85. The van der Waals surface area contributed by atoms with Gasteiger partial charge in [-0.1, -0.05) is 6.92 Å². The van der Waals surface area contributed by atoms with Gasteiger partial charge in [0, 0.05) is 25.7 Å². The quantitative estimate of drug-likeness (QED) is 0.539. The van der Waals surface area contributed by atoms with Crippen LogP contribution in [0.3, 0.4) is 0 Å². The summed E-state index contributed by atoms with van der Waals surface area (Å²) in [6, 6.07) is 0.572. The van der Waals surface area contributed by atoms with Gasteiger partial charge in [-0.15, -0.1) is 0 Å². The summed E-state index contributed by atoms with van der Waals surface area (Å²) in [6.07, 6.45) is 2.91. The molecule has 7 nitrogen and oxygen atoms in total. The van der Waals surface area contributed by atoms with Crippen molar-refractivity contribution in [3.05, 3.63) is 0 Å². The highest BCUT2D eigenvalue weighted by Crippen LogP contribution is 2.16. The van der Waals surface area contributed by atoms with Crippen molar-refractivity contribution in [3.63, 3.8) is 0 Å². The number of nitrogens with two attached hydrogens (primary N) is 1. The molecule has 0 radical (unpaired) electrons. The lowest BCUT2D eigenvalue weighted by molar-refractivity contribution is 0.0231. The van der Waals surface area contributed by atoms with Gasteiger partial charge >= 0.3 is 6.09 Å². The molecule has 0 aromatic carbocycles. The summed E-state index contributed by atoms with van der Waals surface area (Å²) < 4.78 is 5.38. The van der Waals surface area contributed by atoms with E-state index in [9.17, 15) is 4.79 Å². The van der Waals surface area contributed by atoms with Crippen LogP contribution in [0.2, 0.25) is 0 Å². The summed E-state index contributed by atoms with van der Waals surface area (Å²) in [7, 11) is 1.76. The molecule has 146 valence electrons. The molecule has 0 aliphatic carbocycles. The van der Waals surface area contributed by atoms with Crippen LogP contribution in [0.1, 0.15) is 53.9 Å². The maximum Gasteiger partial charge on any atom is 0.410 e. The van der Waals surface area contributed by atoms with Gasteiger partial charge in [0.05, 0.1) is 6.54 Å². The van der Waals surface area contributed by atoms with Crippen LogP contribution < -0.4 is 11.1 Å². The number of nitrogens with one attached hydrogen (secondary N) is 1. The van der Waals surface area contributed by atoms with Crippen molar-refractivity contribution >= 4 is 12.1 Å². The maximum absolute atomic E-state index is 12.0. The fourth-order valence-corrected chi connectivity index (χ4v) is 2.89. The molecule has 0 bridgehead atoms. The predicted molar refractivity (Wildman–Crippen MR) is 103 cm³/mol. The fraction of sp³-hybridized carbons (Fsp3) is 0.889. The van der Waals surface area contributed by atoms with Crippen LogP contribution in [0.25, 0.3) is 0 Å². The summed E-state index contributed by atoms with van der Waals surface area (Å²) in [5.74, 6) is 0.482. The zero-order valence-electron chi connectivity index (χ0n) is 16.8. The van der Waals surface area contributed by atoms with Crippen molar-refractivity contribution in [1.82, 2.24) is 15.1 Å².